The molecule has 4 rings (SSSR count). The van der Waals surface area contributed by atoms with Gasteiger partial charge in [0.15, 0.2) is 5.17 Å². The van der Waals surface area contributed by atoms with E-state index in [4.69, 9.17) is 27.9 Å². The molecule has 0 aliphatic carbocycles. The lowest BCUT2D eigenvalue weighted by molar-refractivity contribution is -0.115. The van der Waals surface area contributed by atoms with Crippen LogP contribution < -0.4 is 10.1 Å². The molecule has 0 radical (unpaired) electrons. The van der Waals surface area contributed by atoms with Gasteiger partial charge in [0.25, 0.3) is 11.8 Å². The molecule has 1 aromatic heterocycles. The molecule has 0 atom stereocenters. The molecule has 1 aliphatic heterocycles. The van der Waals surface area contributed by atoms with Gasteiger partial charge < -0.3 is 10.1 Å². The number of hydrogen-bond acceptors (Lipinski definition) is 6. The monoisotopic (exact) mass is 460 g/mol. The summed E-state index contributed by atoms with van der Waals surface area (Å²) < 4.78 is 19.1. The third-order valence-corrected chi connectivity index (χ3v) is 5.21. The molecule has 2 heterocycles. The summed E-state index contributed by atoms with van der Waals surface area (Å²) in [6, 6.07) is 13.8. The lowest BCUT2D eigenvalue weighted by Crippen LogP contribution is -2.19. The first kappa shape index (κ1) is 20.3. The Kier molecular flexibility index (Phi) is 5.98. The molecule has 0 spiro atoms. The van der Waals surface area contributed by atoms with Crippen molar-refractivity contribution in [2.45, 2.75) is 0 Å². The topological polar surface area (TPSA) is 76.5 Å². The van der Waals surface area contributed by atoms with Crippen molar-refractivity contribution in [1.29, 1.82) is 0 Å². The average Bonchev–Trinajstić information content (AvgIpc) is 3.07. The minimum Gasteiger partial charge on any atom is -0.436 e. The van der Waals surface area contributed by atoms with Crippen LogP contribution in [0.25, 0.3) is 6.08 Å². The second kappa shape index (κ2) is 8.83. The Morgan fingerprint density at radius 1 is 1.13 bits per heavy atom. The lowest BCUT2D eigenvalue weighted by atomic mass is 10.2. The third-order valence-electron chi connectivity index (χ3n) is 3.80. The van der Waals surface area contributed by atoms with Crippen LogP contribution in [0.4, 0.5) is 10.1 Å². The van der Waals surface area contributed by atoms with E-state index in [1.165, 1.54) is 11.8 Å². The summed E-state index contributed by atoms with van der Waals surface area (Å²) in [6.07, 6.45) is 2.64. The van der Waals surface area contributed by atoms with Gasteiger partial charge in [0.2, 0.25) is 11.1 Å². The maximum Gasteiger partial charge on any atom is 0.264 e. The number of rotatable bonds is 4. The number of carbonyl (C=O) groups is 1. The number of thioether (sulfide) groups is 1. The number of para-hydroxylation sites is 1. The van der Waals surface area contributed by atoms with Crippen LogP contribution in [0, 0.1) is 5.82 Å². The number of amidine groups is 1. The van der Waals surface area contributed by atoms with E-state index >= 15 is 0 Å². The number of hydrogen-bond donors (Lipinski definition) is 1. The number of amides is 1. The van der Waals surface area contributed by atoms with Crippen molar-refractivity contribution in [2.75, 3.05) is 0 Å². The molecular formula is C20H11Cl2FN4O2S. The quantitative estimate of drug-likeness (QED) is 0.404. The van der Waals surface area contributed by atoms with Crippen LogP contribution in [-0.2, 0) is 4.79 Å². The van der Waals surface area contributed by atoms with Gasteiger partial charge in [-0.05, 0) is 59.3 Å². The van der Waals surface area contributed by atoms with E-state index in [1.807, 2.05) is 6.07 Å². The zero-order valence-corrected chi connectivity index (χ0v) is 17.3. The Hall–Kier alpha value is -2.94. The molecule has 3 aromatic rings. The van der Waals surface area contributed by atoms with Crippen molar-refractivity contribution in [3.63, 3.8) is 0 Å². The van der Waals surface area contributed by atoms with Gasteiger partial charge >= 0.3 is 0 Å². The van der Waals surface area contributed by atoms with Gasteiger partial charge in [0, 0.05) is 0 Å². The highest BCUT2D eigenvalue weighted by atomic mass is 35.5. The minimum absolute atomic E-state index is 0.119. The molecule has 0 unspecified atom stereocenters. The van der Waals surface area contributed by atoms with E-state index in [-0.39, 0.29) is 17.1 Å². The van der Waals surface area contributed by atoms with Gasteiger partial charge in [-0.3, -0.25) is 4.79 Å². The van der Waals surface area contributed by atoms with Crippen molar-refractivity contribution in [3.8, 4) is 11.6 Å². The number of benzene rings is 2. The van der Waals surface area contributed by atoms with Crippen molar-refractivity contribution in [1.82, 2.24) is 15.3 Å². The van der Waals surface area contributed by atoms with Gasteiger partial charge in [-0.25, -0.2) is 9.98 Å². The molecule has 1 fully saturated rings. The molecule has 1 N–H and O–H groups in total. The van der Waals surface area contributed by atoms with E-state index < -0.39 is 5.82 Å². The molecule has 2 aromatic carbocycles. The summed E-state index contributed by atoms with van der Waals surface area (Å²) >= 11 is 13.0. The summed E-state index contributed by atoms with van der Waals surface area (Å²) in [5.74, 6) is -0.902. The first-order valence-corrected chi connectivity index (χ1v) is 10.1. The van der Waals surface area contributed by atoms with Crippen molar-refractivity contribution >= 4 is 57.8 Å². The highest BCUT2D eigenvalue weighted by Crippen LogP contribution is 2.31. The Balaban J connectivity index is 1.49. The van der Waals surface area contributed by atoms with Crippen molar-refractivity contribution in [2.24, 2.45) is 4.99 Å². The molecule has 1 aliphatic rings. The van der Waals surface area contributed by atoms with E-state index in [2.05, 4.69) is 20.3 Å². The molecule has 10 heteroatoms. The molecule has 6 nitrogen and oxygen atoms in total. The standard InChI is InChI=1S/C20H11Cl2FN4O2S/c21-13-3-1-2-4-15(13)25-20-26-17(28)16(30-20)9-11-5-7-12(8-6-11)29-18-14(23)10-24-19(22)27-18/h1-10H,(H,25,26,28). The van der Waals surface area contributed by atoms with Crippen LogP contribution in [0.2, 0.25) is 10.3 Å². The van der Waals surface area contributed by atoms with Crippen molar-refractivity contribution < 1.29 is 13.9 Å². The Morgan fingerprint density at radius 2 is 1.90 bits per heavy atom. The van der Waals surface area contributed by atoms with Gasteiger partial charge in [-0.15, -0.1) is 0 Å². The maximum absolute atomic E-state index is 13.7. The van der Waals surface area contributed by atoms with Gasteiger partial charge in [-0.1, -0.05) is 35.9 Å². The lowest BCUT2D eigenvalue weighted by Gasteiger charge is -2.05. The normalized spacial score (nSPS) is 16.2. The Labute approximate surface area is 184 Å². The maximum atomic E-state index is 13.7. The number of nitrogens with one attached hydrogen (secondary N) is 1. The molecule has 150 valence electrons. The summed E-state index contributed by atoms with van der Waals surface area (Å²) in [4.78, 5) is 24.3. The highest BCUT2D eigenvalue weighted by Gasteiger charge is 2.24. The fraction of sp³-hybridized carbons (Fsp3) is 0. The molecule has 30 heavy (non-hydrogen) atoms. The van der Waals surface area contributed by atoms with Gasteiger partial charge in [0.05, 0.1) is 21.8 Å². The number of aliphatic imine (C=N–C) groups is 1. The number of nitrogens with zero attached hydrogens (tertiary/aromatic N) is 3. The molecule has 1 saturated heterocycles. The Bertz CT molecular complexity index is 1190. The summed E-state index contributed by atoms with van der Waals surface area (Å²) in [6.45, 7) is 0. The van der Waals surface area contributed by atoms with Gasteiger partial charge in [-0.2, -0.15) is 9.37 Å². The van der Waals surface area contributed by atoms with Crippen molar-refractivity contribution in [3.05, 3.63) is 81.3 Å². The number of ether oxygens (including phenoxy) is 1. The first-order chi connectivity index (χ1) is 14.5. The predicted octanol–water partition coefficient (Wildman–Crippen LogP) is 5.61. The smallest absolute Gasteiger partial charge is 0.264 e. The fourth-order valence-electron chi connectivity index (χ4n) is 2.43. The molecule has 0 bridgehead atoms. The Morgan fingerprint density at radius 3 is 2.67 bits per heavy atom. The number of carbonyl (C=O) groups excluding carboxylic acids is 1. The van der Waals surface area contributed by atoms with E-state index in [0.717, 1.165) is 11.8 Å². The van der Waals surface area contributed by atoms with Crippen LogP contribution in [-0.4, -0.2) is 21.0 Å². The largest absolute Gasteiger partial charge is 0.436 e. The summed E-state index contributed by atoms with van der Waals surface area (Å²) in [7, 11) is 0. The zero-order chi connectivity index (χ0) is 21.1. The fourth-order valence-corrected chi connectivity index (χ4v) is 3.57. The predicted molar refractivity (Wildman–Crippen MR) is 116 cm³/mol. The number of halogens is 3. The summed E-state index contributed by atoms with van der Waals surface area (Å²) in [5, 5.41) is 3.53. The van der Waals surface area contributed by atoms with E-state index in [0.29, 0.717) is 26.5 Å². The van der Waals surface area contributed by atoms with E-state index in [1.54, 1.807) is 48.5 Å². The zero-order valence-electron chi connectivity index (χ0n) is 15.0. The second-order valence-electron chi connectivity index (χ2n) is 5.90. The van der Waals surface area contributed by atoms with Crippen LogP contribution in [0.3, 0.4) is 0 Å². The van der Waals surface area contributed by atoms with Gasteiger partial charge in [0.1, 0.15) is 5.75 Å². The molecular weight excluding hydrogens is 450 g/mol. The third kappa shape index (κ3) is 4.79. The van der Waals surface area contributed by atoms with Crippen LogP contribution >= 0.6 is 35.0 Å². The molecule has 1 amide bonds. The minimum atomic E-state index is -0.727. The van der Waals surface area contributed by atoms with Crippen LogP contribution in [0.5, 0.6) is 11.6 Å². The highest BCUT2D eigenvalue weighted by molar-refractivity contribution is 8.18. The SMILES string of the molecule is O=C1NC(=Nc2ccccc2Cl)SC1=Cc1ccc(Oc2nc(Cl)ncc2F)cc1. The van der Waals surface area contributed by atoms with E-state index in [9.17, 15) is 9.18 Å². The number of aromatic nitrogens is 2. The first-order valence-electron chi connectivity index (χ1n) is 8.48. The van der Waals surface area contributed by atoms with Crippen LogP contribution in [0.1, 0.15) is 5.56 Å². The average molecular weight is 461 g/mol. The van der Waals surface area contributed by atoms with Crippen LogP contribution in [0.15, 0.2) is 64.6 Å². The second-order valence-corrected chi connectivity index (χ2v) is 7.67. The summed E-state index contributed by atoms with van der Waals surface area (Å²) in [5.41, 5.74) is 1.32. The molecule has 0 saturated carbocycles.